The molecule has 0 spiro atoms. The maximum atomic E-state index is 10.5. The molecule has 0 radical (unpaired) electrons. The number of hydrogen-bond donors (Lipinski definition) is 0. The van der Waals surface area contributed by atoms with E-state index in [4.69, 9.17) is 17.7 Å². The molecule has 0 aliphatic carbocycles. The SMILES string of the molecule is CO[Si](OC)(OC)OC(C)=O.[LiH]. The molecule has 0 saturated carbocycles. The summed E-state index contributed by atoms with van der Waals surface area (Å²) in [5, 5.41) is 0. The zero-order valence-corrected chi connectivity index (χ0v) is 8.04. The van der Waals surface area contributed by atoms with E-state index in [1.807, 2.05) is 0 Å². The van der Waals surface area contributed by atoms with Crippen molar-refractivity contribution in [3.8, 4) is 0 Å². The number of carbonyl (C=O) groups is 1. The second-order valence-corrected chi connectivity index (χ2v) is 4.13. The molecule has 0 fully saturated rings. The Balaban J connectivity index is 0. The predicted molar refractivity (Wildman–Crippen MR) is 45.7 cm³/mol. The van der Waals surface area contributed by atoms with E-state index in [2.05, 4.69) is 0 Å². The van der Waals surface area contributed by atoms with Gasteiger partial charge < -0.3 is 17.7 Å². The Bertz CT molecular complexity index is 130. The minimum absolute atomic E-state index is 0. The van der Waals surface area contributed by atoms with Crippen LogP contribution in [0.1, 0.15) is 6.92 Å². The van der Waals surface area contributed by atoms with Crippen molar-refractivity contribution in [1.29, 1.82) is 0 Å². The van der Waals surface area contributed by atoms with Crippen LogP contribution in [-0.2, 0) is 22.5 Å². The number of rotatable bonds is 4. The number of carbonyl (C=O) groups excluding carboxylic acids is 1. The van der Waals surface area contributed by atoms with Crippen molar-refractivity contribution in [2.45, 2.75) is 6.92 Å². The van der Waals surface area contributed by atoms with Crippen molar-refractivity contribution < 1.29 is 22.5 Å². The summed E-state index contributed by atoms with van der Waals surface area (Å²) in [7, 11) is 0.960. The molecule has 7 heteroatoms. The van der Waals surface area contributed by atoms with Crippen LogP contribution in [0.4, 0.5) is 0 Å². The van der Waals surface area contributed by atoms with E-state index in [-0.39, 0.29) is 18.9 Å². The molecule has 0 saturated heterocycles. The zero-order valence-electron chi connectivity index (χ0n) is 7.04. The fourth-order valence-corrected chi connectivity index (χ4v) is 1.65. The Hall–Kier alpha value is 0.164. The molecule has 0 amide bonds. The average molecular weight is 188 g/mol. The Labute approximate surface area is 85.0 Å². The van der Waals surface area contributed by atoms with Crippen molar-refractivity contribution in [3.63, 3.8) is 0 Å². The van der Waals surface area contributed by atoms with Gasteiger partial charge in [-0.1, -0.05) is 0 Å². The first kappa shape index (κ1) is 14.7. The molecule has 0 aromatic carbocycles. The molecule has 0 rings (SSSR count). The quantitative estimate of drug-likeness (QED) is 0.545. The van der Waals surface area contributed by atoms with Crippen LogP contribution in [0.5, 0.6) is 0 Å². The monoisotopic (exact) mass is 188 g/mol. The van der Waals surface area contributed by atoms with E-state index in [0.29, 0.717) is 0 Å². The zero-order chi connectivity index (χ0) is 8.91. The summed E-state index contributed by atoms with van der Waals surface area (Å²) in [4.78, 5) is 10.5. The van der Waals surface area contributed by atoms with E-state index in [0.717, 1.165) is 0 Å². The van der Waals surface area contributed by atoms with Crippen LogP contribution in [0, 0.1) is 0 Å². The molecule has 12 heavy (non-hydrogen) atoms. The summed E-state index contributed by atoms with van der Waals surface area (Å²) in [6, 6.07) is 0. The van der Waals surface area contributed by atoms with Gasteiger partial charge in [-0.05, 0) is 0 Å². The first-order valence-corrected chi connectivity index (χ1v) is 4.58. The molecule has 0 aromatic heterocycles. The molecule has 0 unspecified atom stereocenters. The summed E-state index contributed by atoms with van der Waals surface area (Å²) >= 11 is 0. The first-order chi connectivity index (χ1) is 5.10. The van der Waals surface area contributed by atoms with E-state index in [1.165, 1.54) is 28.3 Å². The summed E-state index contributed by atoms with van der Waals surface area (Å²) in [6.45, 7) is 1.26. The van der Waals surface area contributed by atoms with E-state index in [1.54, 1.807) is 0 Å². The van der Waals surface area contributed by atoms with Gasteiger partial charge >= 0.3 is 27.9 Å². The third-order valence-corrected chi connectivity index (χ3v) is 3.06. The molecule has 0 bridgehead atoms. The maximum absolute atomic E-state index is 10.5. The van der Waals surface area contributed by atoms with Crippen LogP contribution in [0.3, 0.4) is 0 Å². The van der Waals surface area contributed by atoms with Crippen LogP contribution in [0.15, 0.2) is 0 Å². The molecular formula is C5H13LiO5Si. The molecule has 0 atom stereocenters. The van der Waals surface area contributed by atoms with Gasteiger partial charge in [0.1, 0.15) is 0 Å². The van der Waals surface area contributed by atoms with Gasteiger partial charge in [-0.15, -0.1) is 0 Å². The molecule has 0 aliphatic rings. The van der Waals surface area contributed by atoms with Crippen LogP contribution in [0.25, 0.3) is 0 Å². The van der Waals surface area contributed by atoms with E-state index < -0.39 is 15.0 Å². The van der Waals surface area contributed by atoms with E-state index in [9.17, 15) is 4.79 Å². The molecule has 0 aromatic rings. The summed E-state index contributed by atoms with van der Waals surface area (Å²) < 4.78 is 19.1. The van der Waals surface area contributed by atoms with Gasteiger partial charge in [-0.3, -0.25) is 4.79 Å². The van der Waals surface area contributed by atoms with Gasteiger partial charge in [-0.2, -0.15) is 0 Å². The topological polar surface area (TPSA) is 54.0 Å². The van der Waals surface area contributed by atoms with Gasteiger partial charge in [0, 0.05) is 28.3 Å². The second-order valence-electron chi connectivity index (χ2n) is 1.71. The first-order valence-electron chi connectivity index (χ1n) is 2.95. The second kappa shape index (κ2) is 6.66. The van der Waals surface area contributed by atoms with Crippen LogP contribution >= 0.6 is 0 Å². The predicted octanol–water partition coefficient (Wildman–Crippen LogP) is -0.724. The minimum atomic E-state index is -3.13. The average Bonchev–Trinajstić information content (AvgIpc) is 2.00. The van der Waals surface area contributed by atoms with Gasteiger partial charge in [0.25, 0.3) is 5.97 Å². The fourth-order valence-electron chi connectivity index (χ4n) is 0.551. The van der Waals surface area contributed by atoms with Crippen LogP contribution in [-0.4, -0.2) is 55.2 Å². The van der Waals surface area contributed by atoms with Gasteiger partial charge in [0.05, 0.1) is 0 Å². The third kappa shape index (κ3) is 4.25. The molecular weight excluding hydrogens is 175 g/mol. The van der Waals surface area contributed by atoms with Gasteiger partial charge in [-0.25, -0.2) is 0 Å². The Morgan fingerprint density at radius 3 is 1.50 bits per heavy atom. The van der Waals surface area contributed by atoms with Crippen molar-refractivity contribution in [3.05, 3.63) is 0 Å². The summed E-state index contributed by atoms with van der Waals surface area (Å²) in [5.74, 6) is -0.484. The van der Waals surface area contributed by atoms with Crippen molar-refractivity contribution in [2.75, 3.05) is 21.3 Å². The van der Waals surface area contributed by atoms with Crippen LogP contribution < -0.4 is 0 Å². The van der Waals surface area contributed by atoms with E-state index >= 15 is 0 Å². The molecule has 0 heterocycles. The summed E-state index contributed by atoms with van der Waals surface area (Å²) in [5.41, 5.74) is 0. The molecule has 5 nitrogen and oxygen atoms in total. The standard InChI is InChI=1S/C5H12O5Si.Li.H/c1-5(6)10-11(7-2,8-3)9-4;;/h1-4H3;;. The van der Waals surface area contributed by atoms with Crippen molar-refractivity contribution in [2.24, 2.45) is 0 Å². The normalized spacial score (nSPS) is 10.3. The Morgan fingerprint density at radius 1 is 1.08 bits per heavy atom. The van der Waals surface area contributed by atoms with Crippen molar-refractivity contribution >= 4 is 33.9 Å². The number of hydrogen-bond acceptors (Lipinski definition) is 5. The third-order valence-electron chi connectivity index (χ3n) is 1.02. The van der Waals surface area contributed by atoms with Crippen LogP contribution in [0.2, 0.25) is 0 Å². The molecule has 0 N–H and O–H groups in total. The van der Waals surface area contributed by atoms with Crippen molar-refractivity contribution in [1.82, 2.24) is 0 Å². The van der Waals surface area contributed by atoms with Gasteiger partial charge in [0.15, 0.2) is 0 Å². The Kier molecular flexibility index (Phi) is 8.14. The molecule has 68 valence electrons. The fraction of sp³-hybridized carbons (Fsp3) is 0.800. The summed E-state index contributed by atoms with van der Waals surface area (Å²) in [6.07, 6.45) is 0. The van der Waals surface area contributed by atoms with Gasteiger partial charge in [0.2, 0.25) is 0 Å². The molecule has 0 aliphatic heterocycles. The Morgan fingerprint density at radius 2 is 1.42 bits per heavy atom.